The number of benzene rings is 1. The Balaban J connectivity index is 2.12. The van der Waals surface area contributed by atoms with Crippen LogP contribution in [0.15, 0.2) is 29.3 Å². The molecule has 1 aromatic carbocycles. The molecule has 0 bridgehead atoms. The number of hydrogen-bond donors (Lipinski definition) is 3. The van der Waals surface area contributed by atoms with Crippen LogP contribution in [0.25, 0.3) is 11.3 Å². The Morgan fingerprint density at radius 3 is 3.10 bits per heavy atom. The predicted molar refractivity (Wildman–Crippen MR) is 78.8 cm³/mol. The fourth-order valence-corrected chi connectivity index (χ4v) is 2.39. The number of fused-ring (bicyclic) bond motifs is 1. The number of nitrogens with zero attached hydrogens (tertiary/aromatic N) is 2. The fraction of sp³-hybridized carbons (Fsp3) is 0.267. The van der Waals surface area contributed by atoms with Crippen molar-refractivity contribution in [2.75, 3.05) is 0 Å². The second-order valence-corrected chi connectivity index (χ2v) is 4.84. The molecule has 1 aliphatic rings. The van der Waals surface area contributed by atoms with Gasteiger partial charge in [-0.3, -0.25) is 5.10 Å². The molecule has 102 valence electrons. The van der Waals surface area contributed by atoms with Crippen molar-refractivity contribution in [1.29, 1.82) is 5.41 Å². The van der Waals surface area contributed by atoms with Crippen LogP contribution in [0.3, 0.4) is 0 Å². The van der Waals surface area contributed by atoms with Gasteiger partial charge < -0.3 is 10.5 Å². The smallest absolute Gasteiger partial charge is 0.183 e. The van der Waals surface area contributed by atoms with Crippen molar-refractivity contribution in [3.63, 3.8) is 0 Å². The van der Waals surface area contributed by atoms with E-state index >= 15 is 0 Å². The highest BCUT2D eigenvalue weighted by Gasteiger charge is 2.19. The molecule has 0 aliphatic carbocycles. The summed E-state index contributed by atoms with van der Waals surface area (Å²) >= 11 is 0. The van der Waals surface area contributed by atoms with Crippen molar-refractivity contribution < 1.29 is 5.11 Å². The van der Waals surface area contributed by atoms with Gasteiger partial charge in [0, 0.05) is 17.5 Å². The first kappa shape index (κ1) is 12.7. The zero-order valence-corrected chi connectivity index (χ0v) is 11.1. The van der Waals surface area contributed by atoms with E-state index < -0.39 is 0 Å². The maximum Gasteiger partial charge on any atom is 0.183 e. The van der Waals surface area contributed by atoms with Gasteiger partial charge in [-0.25, -0.2) is 4.99 Å². The Kier molecular flexibility index (Phi) is 3.43. The summed E-state index contributed by atoms with van der Waals surface area (Å²) < 4.78 is 0. The second kappa shape index (κ2) is 5.38. The highest BCUT2D eigenvalue weighted by atomic mass is 16.3. The van der Waals surface area contributed by atoms with Gasteiger partial charge in [0.1, 0.15) is 0 Å². The minimum atomic E-state index is -0.000231. The average Bonchev–Trinajstić information content (AvgIpc) is 2.88. The number of nitrogens with one attached hydrogen (secondary N) is 2. The minimum absolute atomic E-state index is 0.000231. The summed E-state index contributed by atoms with van der Waals surface area (Å²) in [6.07, 6.45) is 4.40. The summed E-state index contributed by atoms with van der Waals surface area (Å²) in [5.41, 5.74) is 3.91. The largest absolute Gasteiger partial charge is 0.392 e. The summed E-state index contributed by atoms with van der Waals surface area (Å²) in [5.74, 6) is 0.583. The molecule has 1 aromatic heterocycles. The molecule has 2 aromatic rings. The zero-order valence-electron chi connectivity index (χ0n) is 11.1. The Hall–Kier alpha value is -2.27. The summed E-state index contributed by atoms with van der Waals surface area (Å²) in [5, 5.41) is 24.7. The lowest BCUT2D eigenvalue weighted by atomic mass is 9.98. The predicted octanol–water partition coefficient (Wildman–Crippen LogP) is 2.82. The second-order valence-electron chi connectivity index (χ2n) is 4.84. The van der Waals surface area contributed by atoms with E-state index in [4.69, 9.17) is 5.41 Å². The third-order valence-corrected chi connectivity index (χ3v) is 3.42. The molecule has 0 saturated carbocycles. The summed E-state index contributed by atoms with van der Waals surface area (Å²) in [6, 6.07) is 7.61. The molecule has 0 saturated heterocycles. The number of hydrogen-bond acceptors (Lipinski definition) is 4. The SMILES string of the molecule is N=C1CCCC=Nc2n[nH]c(-c3cccc(CO)c3)c21. The fourth-order valence-electron chi connectivity index (χ4n) is 2.39. The molecule has 0 amide bonds. The molecule has 20 heavy (non-hydrogen) atoms. The lowest BCUT2D eigenvalue weighted by Gasteiger charge is -2.08. The van der Waals surface area contributed by atoms with Gasteiger partial charge in [-0.05, 0) is 30.9 Å². The molecular weight excluding hydrogens is 252 g/mol. The van der Waals surface area contributed by atoms with Crippen LogP contribution in [-0.4, -0.2) is 27.2 Å². The van der Waals surface area contributed by atoms with Crippen molar-refractivity contribution in [2.24, 2.45) is 4.99 Å². The molecule has 3 N–H and O–H groups in total. The molecule has 3 rings (SSSR count). The van der Waals surface area contributed by atoms with E-state index in [9.17, 15) is 5.11 Å². The Morgan fingerprint density at radius 2 is 2.25 bits per heavy atom. The van der Waals surface area contributed by atoms with Gasteiger partial charge in [0.2, 0.25) is 0 Å². The molecule has 5 nitrogen and oxygen atoms in total. The number of aliphatic imine (C=N–C) groups is 1. The van der Waals surface area contributed by atoms with Gasteiger partial charge in [-0.1, -0.05) is 18.2 Å². The maximum absolute atomic E-state index is 9.24. The molecule has 0 atom stereocenters. The Bertz CT molecular complexity index is 672. The summed E-state index contributed by atoms with van der Waals surface area (Å²) in [6.45, 7) is -0.000231. The first-order valence-corrected chi connectivity index (χ1v) is 6.68. The van der Waals surface area contributed by atoms with Crippen LogP contribution in [0.4, 0.5) is 5.82 Å². The molecule has 0 unspecified atom stereocenters. The quantitative estimate of drug-likeness (QED) is 0.782. The van der Waals surface area contributed by atoms with Gasteiger partial charge in [0.05, 0.1) is 17.9 Å². The third-order valence-electron chi connectivity index (χ3n) is 3.42. The topological polar surface area (TPSA) is 85.1 Å². The van der Waals surface area contributed by atoms with Gasteiger partial charge in [0.15, 0.2) is 5.82 Å². The first-order valence-electron chi connectivity index (χ1n) is 6.68. The first-order chi connectivity index (χ1) is 9.79. The molecule has 5 heteroatoms. The number of aliphatic hydroxyl groups excluding tert-OH is 1. The van der Waals surface area contributed by atoms with Gasteiger partial charge in [-0.15, -0.1) is 0 Å². The van der Waals surface area contributed by atoms with E-state index in [1.54, 1.807) is 0 Å². The molecule has 2 heterocycles. The summed E-state index contributed by atoms with van der Waals surface area (Å²) in [4.78, 5) is 4.33. The van der Waals surface area contributed by atoms with Crippen molar-refractivity contribution in [2.45, 2.75) is 25.9 Å². The van der Waals surface area contributed by atoms with Crippen molar-refractivity contribution in [3.8, 4) is 11.3 Å². The van der Waals surface area contributed by atoms with E-state index in [0.29, 0.717) is 11.5 Å². The van der Waals surface area contributed by atoms with Crippen LogP contribution in [0, 0.1) is 5.41 Å². The van der Waals surface area contributed by atoms with E-state index in [0.717, 1.165) is 41.6 Å². The minimum Gasteiger partial charge on any atom is -0.392 e. The normalized spacial score (nSPS) is 14.8. The zero-order chi connectivity index (χ0) is 13.9. The third kappa shape index (κ3) is 2.28. The number of H-pyrrole nitrogens is 1. The average molecular weight is 268 g/mol. The van der Waals surface area contributed by atoms with Crippen LogP contribution >= 0.6 is 0 Å². The van der Waals surface area contributed by atoms with Crippen LogP contribution in [0.2, 0.25) is 0 Å². The van der Waals surface area contributed by atoms with E-state index in [2.05, 4.69) is 15.2 Å². The Morgan fingerprint density at radius 1 is 1.35 bits per heavy atom. The molecule has 0 spiro atoms. The van der Waals surface area contributed by atoms with Gasteiger partial charge >= 0.3 is 0 Å². The van der Waals surface area contributed by atoms with Crippen LogP contribution < -0.4 is 0 Å². The van der Waals surface area contributed by atoms with Crippen molar-refractivity contribution in [1.82, 2.24) is 10.2 Å². The standard InChI is InChI=1S/C15H16N4O/c16-12-6-1-2-7-17-15-13(12)14(18-19-15)11-5-3-4-10(8-11)9-20/h3-5,7-8,16,20H,1-2,6,9H2,(H,18,19). The lowest BCUT2D eigenvalue weighted by Crippen LogP contribution is -2.02. The maximum atomic E-state index is 9.24. The highest BCUT2D eigenvalue weighted by Crippen LogP contribution is 2.31. The van der Waals surface area contributed by atoms with E-state index in [-0.39, 0.29) is 6.61 Å². The van der Waals surface area contributed by atoms with Crippen LogP contribution in [0.5, 0.6) is 0 Å². The number of rotatable bonds is 2. The highest BCUT2D eigenvalue weighted by molar-refractivity contribution is 6.07. The summed E-state index contributed by atoms with van der Waals surface area (Å²) in [7, 11) is 0. The lowest BCUT2D eigenvalue weighted by molar-refractivity contribution is 0.282. The molecule has 0 fully saturated rings. The molecular formula is C15H16N4O. The number of aliphatic hydroxyl groups is 1. The van der Waals surface area contributed by atoms with Gasteiger partial charge in [-0.2, -0.15) is 5.10 Å². The van der Waals surface area contributed by atoms with Crippen molar-refractivity contribution >= 4 is 17.7 Å². The molecule has 0 radical (unpaired) electrons. The van der Waals surface area contributed by atoms with E-state index in [1.165, 1.54) is 0 Å². The van der Waals surface area contributed by atoms with E-state index in [1.807, 2.05) is 30.5 Å². The molecule has 1 aliphatic heterocycles. The van der Waals surface area contributed by atoms with Crippen LogP contribution in [-0.2, 0) is 6.61 Å². The Labute approximate surface area is 116 Å². The monoisotopic (exact) mass is 268 g/mol. The van der Waals surface area contributed by atoms with Crippen LogP contribution in [0.1, 0.15) is 30.4 Å². The number of aromatic amines is 1. The van der Waals surface area contributed by atoms with Crippen molar-refractivity contribution in [3.05, 3.63) is 35.4 Å². The number of aromatic nitrogens is 2. The van der Waals surface area contributed by atoms with Gasteiger partial charge in [0.25, 0.3) is 0 Å².